The van der Waals surface area contributed by atoms with Crippen molar-refractivity contribution in [3.63, 3.8) is 0 Å². The van der Waals surface area contributed by atoms with Crippen molar-refractivity contribution in [2.24, 2.45) is 16.7 Å². The number of hydrogen-bond donors (Lipinski definition) is 0. The van der Waals surface area contributed by atoms with E-state index in [0.29, 0.717) is 11.9 Å². The van der Waals surface area contributed by atoms with E-state index in [9.17, 15) is 4.79 Å². The molecule has 2 rings (SSSR count). The number of halogens is 1. The van der Waals surface area contributed by atoms with Crippen LogP contribution in [0.2, 0.25) is 0 Å². The number of nitrogens with zero attached hydrogens (tertiary/aromatic N) is 1. The molecule has 0 aliphatic heterocycles. The summed E-state index contributed by atoms with van der Waals surface area (Å²) in [6.45, 7) is 9.80. The van der Waals surface area contributed by atoms with Crippen molar-refractivity contribution in [2.75, 3.05) is 11.9 Å². The van der Waals surface area contributed by atoms with Gasteiger partial charge in [0.1, 0.15) is 0 Å². The molecule has 1 amide bonds. The topological polar surface area (TPSA) is 20.3 Å². The van der Waals surface area contributed by atoms with Gasteiger partial charge in [-0.05, 0) is 23.7 Å². The molecule has 0 N–H and O–H groups in total. The van der Waals surface area contributed by atoms with Gasteiger partial charge >= 0.3 is 0 Å². The summed E-state index contributed by atoms with van der Waals surface area (Å²) >= 11 is 3.50. The lowest BCUT2D eigenvalue weighted by Gasteiger charge is -2.29. The molecule has 0 spiro atoms. The van der Waals surface area contributed by atoms with Gasteiger partial charge < -0.3 is 4.90 Å². The van der Waals surface area contributed by atoms with E-state index in [1.807, 2.05) is 0 Å². The van der Waals surface area contributed by atoms with Crippen molar-refractivity contribution >= 4 is 21.8 Å². The van der Waals surface area contributed by atoms with E-state index in [2.05, 4.69) is 48.5 Å². The number of amides is 1. The molecule has 0 unspecified atom stereocenters. The molecule has 2 fully saturated rings. The van der Waals surface area contributed by atoms with Gasteiger partial charge in [0.25, 0.3) is 0 Å². The Bertz CT molecular complexity index is 317. The summed E-state index contributed by atoms with van der Waals surface area (Å²) in [6.07, 6.45) is 4.97. The quantitative estimate of drug-likeness (QED) is 0.722. The smallest absolute Gasteiger partial charge is 0.227 e. The van der Waals surface area contributed by atoms with Crippen LogP contribution >= 0.6 is 15.9 Å². The zero-order valence-electron chi connectivity index (χ0n) is 12.1. The molecule has 0 aromatic heterocycles. The summed E-state index contributed by atoms with van der Waals surface area (Å²) in [7, 11) is 0. The molecular weight excluding hydrogens is 290 g/mol. The highest BCUT2D eigenvalue weighted by Gasteiger charge is 2.69. The summed E-state index contributed by atoms with van der Waals surface area (Å²) < 4.78 is 0. The maximum absolute atomic E-state index is 12.8. The second-order valence-electron chi connectivity index (χ2n) is 7.04. The van der Waals surface area contributed by atoms with Crippen molar-refractivity contribution in [1.29, 1.82) is 0 Å². The highest BCUT2D eigenvalue weighted by Crippen LogP contribution is 2.68. The Balaban J connectivity index is 2.10. The minimum absolute atomic E-state index is 0.160. The third-order valence-corrected chi connectivity index (χ3v) is 6.00. The predicted molar refractivity (Wildman–Crippen MR) is 78.8 cm³/mol. The van der Waals surface area contributed by atoms with E-state index in [0.717, 1.165) is 11.9 Å². The van der Waals surface area contributed by atoms with Gasteiger partial charge in [0, 0.05) is 23.8 Å². The van der Waals surface area contributed by atoms with Crippen molar-refractivity contribution in [1.82, 2.24) is 4.90 Å². The van der Waals surface area contributed by atoms with Crippen molar-refractivity contribution in [3.8, 4) is 0 Å². The molecule has 104 valence electrons. The Hall–Kier alpha value is -0.0500. The van der Waals surface area contributed by atoms with E-state index in [4.69, 9.17) is 0 Å². The second kappa shape index (κ2) is 4.81. The van der Waals surface area contributed by atoms with Crippen molar-refractivity contribution in [3.05, 3.63) is 0 Å². The number of carbonyl (C=O) groups excluding carboxylic acids is 1. The average Bonchev–Trinajstić information content (AvgIpc) is 2.70. The Morgan fingerprint density at radius 2 is 1.67 bits per heavy atom. The molecule has 0 bridgehead atoms. The van der Waals surface area contributed by atoms with Crippen LogP contribution in [0.1, 0.15) is 53.4 Å². The minimum Gasteiger partial charge on any atom is -0.339 e. The van der Waals surface area contributed by atoms with Gasteiger partial charge in [-0.1, -0.05) is 56.5 Å². The predicted octanol–water partition coefficient (Wildman–Crippen LogP) is 3.83. The maximum atomic E-state index is 12.8. The van der Waals surface area contributed by atoms with Crippen LogP contribution in [0.25, 0.3) is 0 Å². The number of hydrogen-bond acceptors (Lipinski definition) is 1. The lowest BCUT2D eigenvalue weighted by atomic mass is 10.0. The third-order valence-electron chi connectivity index (χ3n) is 5.64. The molecular formula is C15H26BrNO. The molecule has 2 aliphatic rings. The number of carbonyl (C=O) groups is 1. The van der Waals surface area contributed by atoms with E-state index in [-0.39, 0.29) is 16.7 Å². The lowest BCUT2D eigenvalue weighted by Crippen LogP contribution is -2.42. The Morgan fingerprint density at radius 1 is 1.17 bits per heavy atom. The zero-order chi connectivity index (χ0) is 13.6. The summed E-state index contributed by atoms with van der Waals surface area (Å²) in [6, 6.07) is 0.502. The summed E-state index contributed by atoms with van der Waals surface area (Å²) in [4.78, 5) is 15.0. The van der Waals surface area contributed by atoms with Crippen LogP contribution < -0.4 is 0 Å². The van der Waals surface area contributed by atoms with Crippen LogP contribution in [0.4, 0.5) is 0 Å². The zero-order valence-corrected chi connectivity index (χ0v) is 13.7. The highest BCUT2D eigenvalue weighted by atomic mass is 79.9. The standard InChI is InChI=1S/C15H26BrNO/c1-14(2)12(15(14,3)4)13(18)17(10-9-16)11-7-5-6-8-11/h11-12H,5-10H2,1-4H3. The summed E-state index contributed by atoms with van der Waals surface area (Å²) in [5.41, 5.74) is 0.320. The first-order valence-electron chi connectivity index (χ1n) is 7.20. The van der Waals surface area contributed by atoms with Crippen LogP contribution in [0.5, 0.6) is 0 Å². The highest BCUT2D eigenvalue weighted by molar-refractivity contribution is 9.09. The van der Waals surface area contributed by atoms with E-state index >= 15 is 0 Å². The normalized spacial score (nSPS) is 26.3. The molecule has 0 aromatic rings. The Morgan fingerprint density at radius 3 is 2.06 bits per heavy atom. The molecule has 0 radical (unpaired) electrons. The van der Waals surface area contributed by atoms with Gasteiger partial charge in [0.2, 0.25) is 5.91 Å². The van der Waals surface area contributed by atoms with Gasteiger partial charge in [-0.3, -0.25) is 4.79 Å². The van der Waals surface area contributed by atoms with Crippen LogP contribution in [0.3, 0.4) is 0 Å². The fourth-order valence-electron chi connectivity index (χ4n) is 3.76. The average molecular weight is 316 g/mol. The van der Waals surface area contributed by atoms with Gasteiger partial charge in [-0.2, -0.15) is 0 Å². The van der Waals surface area contributed by atoms with Gasteiger partial charge in [0.05, 0.1) is 0 Å². The fraction of sp³-hybridized carbons (Fsp3) is 0.933. The fourth-order valence-corrected chi connectivity index (χ4v) is 4.14. The first kappa shape index (κ1) is 14.4. The number of rotatable bonds is 4. The Kier molecular flexibility index (Phi) is 3.84. The van der Waals surface area contributed by atoms with Gasteiger partial charge in [-0.15, -0.1) is 0 Å². The molecule has 2 saturated carbocycles. The Labute approximate surface area is 120 Å². The third kappa shape index (κ3) is 2.13. The minimum atomic E-state index is 0.160. The monoisotopic (exact) mass is 315 g/mol. The van der Waals surface area contributed by atoms with Gasteiger partial charge in [-0.25, -0.2) is 0 Å². The largest absolute Gasteiger partial charge is 0.339 e. The van der Waals surface area contributed by atoms with Crippen LogP contribution in [-0.2, 0) is 4.79 Å². The molecule has 0 atom stereocenters. The van der Waals surface area contributed by atoms with E-state index < -0.39 is 0 Å². The molecule has 0 saturated heterocycles. The van der Waals surface area contributed by atoms with Crippen LogP contribution in [-0.4, -0.2) is 28.7 Å². The molecule has 18 heavy (non-hydrogen) atoms. The van der Waals surface area contributed by atoms with E-state index in [1.165, 1.54) is 25.7 Å². The summed E-state index contributed by atoms with van der Waals surface area (Å²) in [5, 5.41) is 0.892. The second-order valence-corrected chi connectivity index (χ2v) is 7.83. The van der Waals surface area contributed by atoms with Crippen LogP contribution in [0, 0.1) is 16.7 Å². The first-order valence-corrected chi connectivity index (χ1v) is 8.32. The SMILES string of the molecule is CC1(C)C(C(=O)N(CCBr)C2CCCC2)C1(C)C. The molecule has 0 aromatic carbocycles. The van der Waals surface area contributed by atoms with E-state index in [1.54, 1.807) is 0 Å². The van der Waals surface area contributed by atoms with Crippen molar-refractivity contribution < 1.29 is 4.79 Å². The number of alkyl halides is 1. The first-order chi connectivity index (χ1) is 8.34. The molecule has 2 aliphatic carbocycles. The molecule has 0 heterocycles. The van der Waals surface area contributed by atoms with Crippen molar-refractivity contribution in [2.45, 2.75) is 59.4 Å². The molecule has 2 nitrogen and oxygen atoms in total. The lowest BCUT2D eigenvalue weighted by molar-refractivity contribution is -0.135. The van der Waals surface area contributed by atoms with Crippen LogP contribution in [0.15, 0.2) is 0 Å². The maximum Gasteiger partial charge on any atom is 0.227 e. The van der Waals surface area contributed by atoms with Gasteiger partial charge in [0.15, 0.2) is 0 Å². The summed E-state index contributed by atoms with van der Waals surface area (Å²) in [5.74, 6) is 0.612. The molecule has 3 heteroatoms.